The summed E-state index contributed by atoms with van der Waals surface area (Å²) in [5, 5.41) is 17.2. The predicted molar refractivity (Wildman–Crippen MR) is 133 cm³/mol. The highest BCUT2D eigenvalue weighted by molar-refractivity contribution is 6.38. The van der Waals surface area contributed by atoms with Gasteiger partial charge in [-0.2, -0.15) is 5.10 Å². The molecule has 178 valence electrons. The molecule has 1 atom stereocenters. The topological polar surface area (TPSA) is 107 Å². The summed E-state index contributed by atoms with van der Waals surface area (Å²) in [5.41, 5.74) is 1.70. The zero-order valence-corrected chi connectivity index (χ0v) is 20.1. The van der Waals surface area contributed by atoms with E-state index in [1.54, 1.807) is 29.5 Å². The maximum atomic E-state index is 10.2. The lowest BCUT2D eigenvalue weighted by molar-refractivity contribution is 0.189. The second kappa shape index (κ2) is 10.8. The number of anilines is 1. The third kappa shape index (κ3) is 5.30. The fourth-order valence-electron chi connectivity index (χ4n) is 4.95. The van der Waals surface area contributed by atoms with E-state index in [0.717, 1.165) is 36.9 Å². The van der Waals surface area contributed by atoms with E-state index in [1.807, 2.05) is 12.1 Å². The first-order valence-corrected chi connectivity index (χ1v) is 12.1. The number of pyridine rings is 1. The first-order chi connectivity index (χ1) is 16.0. The van der Waals surface area contributed by atoms with Gasteiger partial charge in [0, 0.05) is 44.6 Å². The second-order valence-corrected chi connectivity index (χ2v) is 9.47. The van der Waals surface area contributed by atoms with Gasteiger partial charge in [0.05, 0.1) is 21.8 Å². The molecule has 2 aromatic rings. The molecule has 1 aliphatic heterocycles. The molecule has 1 saturated carbocycles. The first-order valence-electron chi connectivity index (χ1n) is 11.4. The maximum Gasteiger partial charge on any atom is 0.160 e. The van der Waals surface area contributed by atoms with Crippen LogP contribution < -0.4 is 16.6 Å². The van der Waals surface area contributed by atoms with Crippen LogP contribution in [-0.2, 0) is 0 Å². The number of piperazine rings is 1. The van der Waals surface area contributed by atoms with Gasteiger partial charge in [-0.15, -0.1) is 0 Å². The van der Waals surface area contributed by atoms with Crippen molar-refractivity contribution in [2.45, 2.75) is 44.2 Å². The Morgan fingerprint density at radius 2 is 1.76 bits per heavy atom. The fraction of sp³-hybridized carbons (Fsp3) is 0.478. The van der Waals surface area contributed by atoms with Crippen molar-refractivity contribution in [2.75, 3.05) is 31.1 Å². The molecule has 0 radical (unpaired) electrons. The minimum absolute atomic E-state index is 0.198. The zero-order valence-electron chi connectivity index (χ0n) is 18.6. The quantitative estimate of drug-likeness (QED) is 0.253. The molecule has 1 aromatic carbocycles. The Morgan fingerprint density at radius 1 is 1.09 bits per heavy atom. The first kappa shape index (κ1) is 23.9. The van der Waals surface area contributed by atoms with E-state index in [-0.39, 0.29) is 17.8 Å². The normalized spacial score (nSPS) is 19.5. The summed E-state index contributed by atoms with van der Waals surface area (Å²) in [4.78, 5) is 8.52. The van der Waals surface area contributed by atoms with Crippen LogP contribution in [-0.4, -0.2) is 58.1 Å². The van der Waals surface area contributed by atoms with Gasteiger partial charge >= 0.3 is 0 Å². The summed E-state index contributed by atoms with van der Waals surface area (Å²) in [7, 11) is 0. The molecule has 1 aliphatic carbocycles. The molecule has 2 heterocycles. The molecule has 0 amide bonds. The number of halogens is 2. The van der Waals surface area contributed by atoms with Gasteiger partial charge < -0.3 is 15.8 Å². The molecule has 5 N–H and O–H groups in total. The van der Waals surface area contributed by atoms with Crippen molar-refractivity contribution in [1.82, 2.24) is 14.9 Å². The molecular formula is C23H31Cl2N7O. The Hall–Kier alpha value is -2.26. The van der Waals surface area contributed by atoms with Crippen molar-refractivity contribution < 1.29 is 5.11 Å². The Bertz CT molecular complexity index is 955. The van der Waals surface area contributed by atoms with Crippen LogP contribution in [0.1, 0.15) is 43.7 Å². The fourth-order valence-corrected chi connectivity index (χ4v) is 5.56. The lowest BCUT2D eigenvalue weighted by Gasteiger charge is -2.43. The number of hydrogen-bond acceptors (Lipinski definition) is 7. The van der Waals surface area contributed by atoms with E-state index in [0.29, 0.717) is 42.1 Å². The predicted octanol–water partition coefficient (Wildman–Crippen LogP) is 3.74. The SMILES string of the molecule is N/N=C(/C(c1cccc(O)c1)N1CCN(c2c(Cl)cncc2Cl)CC1)N(N)C1CCCCC1. The summed E-state index contributed by atoms with van der Waals surface area (Å²) in [5.74, 6) is 13.4. The molecule has 4 rings (SSSR count). The number of phenolic OH excluding ortho intramolecular Hbond substituents is 1. The lowest BCUT2D eigenvalue weighted by atomic mass is 9.93. The minimum atomic E-state index is -0.278. The van der Waals surface area contributed by atoms with Crippen molar-refractivity contribution in [1.29, 1.82) is 0 Å². The van der Waals surface area contributed by atoms with Crippen molar-refractivity contribution in [3.63, 3.8) is 0 Å². The average molecular weight is 492 g/mol. The lowest BCUT2D eigenvalue weighted by Crippen LogP contribution is -2.55. The van der Waals surface area contributed by atoms with E-state index in [1.165, 1.54) is 6.42 Å². The summed E-state index contributed by atoms with van der Waals surface area (Å²) >= 11 is 12.8. The highest BCUT2D eigenvalue weighted by Crippen LogP contribution is 2.35. The van der Waals surface area contributed by atoms with Crippen molar-refractivity contribution in [3.05, 3.63) is 52.3 Å². The highest BCUT2D eigenvalue weighted by atomic mass is 35.5. The molecule has 2 fully saturated rings. The Balaban J connectivity index is 1.59. The number of nitrogens with zero attached hydrogens (tertiary/aromatic N) is 5. The molecule has 0 spiro atoms. The van der Waals surface area contributed by atoms with E-state index in [2.05, 4.69) is 19.9 Å². The number of hydrazine groups is 1. The van der Waals surface area contributed by atoms with E-state index in [9.17, 15) is 5.11 Å². The van der Waals surface area contributed by atoms with Gasteiger partial charge in [0.2, 0.25) is 0 Å². The molecule has 1 unspecified atom stereocenters. The van der Waals surface area contributed by atoms with Crippen LogP contribution in [0.25, 0.3) is 0 Å². The van der Waals surface area contributed by atoms with Crippen LogP contribution in [0.3, 0.4) is 0 Å². The maximum absolute atomic E-state index is 10.2. The molecule has 8 nitrogen and oxygen atoms in total. The van der Waals surface area contributed by atoms with Crippen LogP contribution in [0.5, 0.6) is 5.75 Å². The summed E-state index contributed by atoms with van der Waals surface area (Å²) in [6, 6.07) is 7.16. The van der Waals surface area contributed by atoms with E-state index >= 15 is 0 Å². The number of rotatable bonds is 5. The summed E-state index contributed by atoms with van der Waals surface area (Å²) in [6.45, 7) is 2.86. The molecule has 1 saturated heterocycles. The van der Waals surface area contributed by atoms with Crippen molar-refractivity contribution in [2.24, 2.45) is 16.8 Å². The van der Waals surface area contributed by atoms with Gasteiger partial charge in [0.25, 0.3) is 0 Å². The molecule has 10 heteroatoms. The average Bonchev–Trinajstić information content (AvgIpc) is 2.83. The van der Waals surface area contributed by atoms with Crippen molar-refractivity contribution in [3.8, 4) is 5.75 Å². The highest BCUT2D eigenvalue weighted by Gasteiger charge is 2.34. The Labute approximate surface area is 204 Å². The molecule has 33 heavy (non-hydrogen) atoms. The number of amidine groups is 1. The van der Waals surface area contributed by atoms with Crippen LogP contribution in [0.15, 0.2) is 41.8 Å². The van der Waals surface area contributed by atoms with Gasteiger partial charge in [-0.3, -0.25) is 14.9 Å². The monoisotopic (exact) mass is 491 g/mol. The number of aromatic hydroxyl groups is 1. The van der Waals surface area contributed by atoms with E-state index < -0.39 is 0 Å². The van der Waals surface area contributed by atoms with Gasteiger partial charge in [-0.05, 0) is 30.5 Å². The number of nitrogens with two attached hydrogens (primary N) is 2. The third-order valence-corrected chi connectivity index (χ3v) is 7.17. The van der Waals surface area contributed by atoms with Gasteiger partial charge in [-0.1, -0.05) is 54.6 Å². The Kier molecular flexibility index (Phi) is 7.80. The smallest absolute Gasteiger partial charge is 0.160 e. The number of benzene rings is 1. The van der Waals surface area contributed by atoms with Gasteiger partial charge in [0.1, 0.15) is 5.75 Å². The summed E-state index contributed by atoms with van der Waals surface area (Å²) < 4.78 is 0. The largest absolute Gasteiger partial charge is 0.508 e. The van der Waals surface area contributed by atoms with Crippen LogP contribution in [0.4, 0.5) is 5.69 Å². The molecule has 2 aliphatic rings. The second-order valence-electron chi connectivity index (χ2n) is 8.66. The standard InChI is InChI=1S/C23H31Cl2N7O/c24-19-14-28-15-20(25)22(19)31-11-9-30(10-12-31)21(16-5-4-8-18(33)13-16)23(29-26)32(27)17-6-2-1-3-7-17/h4-5,8,13-15,17,21,33H,1-3,6-7,9-12,26-27H2/b29-23-. The van der Waals surface area contributed by atoms with Crippen molar-refractivity contribution >= 4 is 34.7 Å². The van der Waals surface area contributed by atoms with Gasteiger partial charge in [-0.25, -0.2) is 5.84 Å². The number of aromatic nitrogens is 1. The van der Waals surface area contributed by atoms with Gasteiger partial charge in [0.15, 0.2) is 5.84 Å². The van der Waals surface area contributed by atoms with Crippen LogP contribution in [0, 0.1) is 0 Å². The molecular weight excluding hydrogens is 461 g/mol. The zero-order chi connectivity index (χ0) is 23.4. The molecule has 1 aromatic heterocycles. The number of hydrazone groups is 1. The van der Waals surface area contributed by atoms with E-state index in [4.69, 9.17) is 34.9 Å². The van der Waals surface area contributed by atoms with Crippen LogP contribution in [0.2, 0.25) is 10.0 Å². The Morgan fingerprint density at radius 3 is 2.36 bits per heavy atom. The third-order valence-electron chi connectivity index (χ3n) is 6.62. The van der Waals surface area contributed by atoms with Crippen LogP contribution >= 0.6 is 23.2 Å². The minimum Gasteiger partial charge on any atom is -0.508 e. The molecule has 0 bridgehead atoms. The summed E-state index contributed by atoms with van der Waals surface area (Å²) in [6.07, 6.45) is 8.81. The number of phenols is 1. The number of hydrogen-bond donors (Lipinski definition) is 3.